The Kier molecular flexibility index (Phi) is 5.40. The Morgan fingerprint density at radius 3 is 2.68 bits per heavy atom. The molecule has 4 heteroatoms. The minimum atomic E-state index is -0.295. The Morgan fingerprint density at radius 2 is 1.96 bits per heavy atom. The number of ether oxygens (including phenoxy) is 1. The van der Waals surface area contributed by atoms with Crippen LogP contribution in [-0.4, -0.2) is 34.1 Å². The second kappa shape index (κ2) is 7.38. The number of unbranched alkanes of at least 4 members (excludes halogenated alkanes) is 2. The van der Waals surface area contributed by atoms with E-state index in [-0.39, 0.29) is 24.7 Å². The molecular formula is C21H30O4. The minimum Gasteiger partial charge on any atom is -0.508 e. The van der Waals surface area contributed by atoms with Crippen LogP contribution >= 0.6 is 0 Å². The number of aromatic hydroxyl groups is 1. The van der Waals surface area contributed by atoms with Crippen LogP contribution in [0.5, 0.6) is 11.5 Å². The Bertz CT molecular complexity index is 648. The van der Waals surface area contributed by atoms with Crippen LogP contribution in [-0.2, 0) is 6.42 Å². The molecule has 1 heterocycles. The fourth-order valence-electron chi connectivity index (χ4n) is 4.41. The standard InChI is InChI=1S/C21H30O4/c1-21(2)17-8-7-15(13-23)10-16(17)20-18(24)11-14(12-19(20)25-21)6-4-3-5-9-22/h7,11-12,16-17,22-24H,3-6,8-10,13H2,1-2H3/t16-,17-/m1/s1. The number of phenols is 1. The molecule has 0 radical (unpaired) electrons. The molecule has 0 amide bonds. The normalized spacial score (nSPS) is 24.1. The van der Waals surface area contributed by atoms with Crippen molar-refractivity contribution in [2.24, 2.45) is 5.92 Å². The molecule has 0 saturated heterocycles. The number of phenolic OH excluding ortho intramolecular Hbond substituents is 1. The highest BCUT2D eigenvalue weighted by atomic mass is 16.5. The monoisotopic (exact) mass is 346 g/mol. The summed E-state index contributed by atoms with van der Waals surface area (Å²) in [4.78, 5) is 0. The summed E-state index contributed by atoms with van der Waals surface area (Å²) < 4.78 is 6.31. The number of fused-ring (bicyclic) bond motifs is 3. The number of hydrogen-bond acceptors (Lipinski definition) is 4. The molecule has 2 atom stereocenters. The van der Waals surface area contributed by atoms with Gasteiger partial charge in [-0.25, -0.2) is 0 Å². The number of benzene rings is 1. The molecule has 1 aliphatic carbocycles. The third-order valence-corrected chi connectivity index (χ3v) is 5.77. The van der Waals surface area contributed by atoms with Crippen molar-refractivity contribution in [2.45, 2.75) is 63.9 Å². The van der Waals surface area contributed by atoms with Gasteiger partial charge in [-0.15, -0.1) is 0 Å². The van der Waals surface area contributed by atoms with Gasteiger partial charge < -0.3 is 20.1 Å². The van der Waals surface area contributed by atoms with E-state index >= 15 is 0 Å². The SMILES string of the molecule is CC1(C)Oc2cc(CCCCCO)cc(O)c2[C@@H]2CC(CO)=CC[C@H]21. The Hall–Kier alpha value is -1.52. The maximum Gasteiger partial charge on any atom is 0.127 e. The van der Waals surface area contributed by atoms with Gasteiger partial charge in [-0.2, -0.15) is 0 Å². The molecule has 0 saturated carbocycles. The quantitative estimate of drug-likeness (QED) is 0.543. The zero-order valence-electron chi connectivity index (χ0n) is 15.3. The summed E-state index contributed by atoms with van der Waals surface area (Å²) in [6.45, 7) is 4.56. The summed E-state index contributed by atoms with van der Waals surface area (Å²) >= 11 is 0. The van der Waals surface area contributed by atoms with Gasteiger partial charge in [0.05, 0.1) is 6.61 Å². The lowest BCUT2D eigenvalue weighted by molar-refractivity contribution is 0.00673. The molecule has 4 nitrogen and oxygen atoms in total. The number of aryl methyl sites for hydroxylation is 1. The van der Waals surface area contributed by atoms with Crippen molar-refractivity contribution in [3.05, 3.63) is 34.9 Å². The van der Waals surface area contributed by atoms with Crippen molar-refractivity contribution in [1.82, 2.24) is 0 Å². The minimum absolute atomic E-state index is 0.0868. The van der Waals surface area contributed by atoms with Crippen LogP contribution in [0, 0.1) is 5.92 Å². The first-order valence-corrected chi connectivity index (χ1v) is 9.40. The van der Waals surface area contributed by atoms with Crippen LogP contribution in [0.4, 0.5) is 0 Å². The molecule has 0 unspecified atom stereocenters. The van der Waals surface area contributed by atoms with E-state index in [0.29, 0.717) is 11.7 Å². The summed E-state index contributed by atoms with van der Waals surface area (Å²) in [5.74, 6) is 1.60. The zero-order valence-corrected chi connectivity index (χ0v) is 15.3. The first-order chi connectivity index (χ1) is 12.0. The Balaban J connectivity index is 1.89. The van der Waals surface area contributed by atoms with Gasteiger partial charge in [-0.3, -0.25) is 0 Å². The van der Waals surface area contributed by atoms with E-state index in [2.05, 4.69) is 26.0 Å². The van der Waals surface area contributed by atoms with Gasteiger partial charge in [0.25, 0.3) is 0 Å². The van der Waals surface area contributed by atoms with Crippen LogP contribution in [0.25, 0.3) is 0 Å². The molecule has 138 valence electrons. The van der Waals surface area contributed by atoms with Gasteiger partial charge in [-0.1, -0.05) is 12.5 Å². The van der Waals surface area contributed by atoms with Gasteiger partial charge in [0, 0.05) is 24.0 Å². The van der Waals surface area contributed by atoms with E-state index < -0.39 is 0 Å². The molecule has 3 rings (SSSR count). The number of hydrogen-bond donors (Lipinski definition) is 3. The topological polar surface area (TPSA) is 69.9 Å². The number of aliphatic hydroxyl groups is 2. The van der Waals surface area contributed by atoms with Crippen molar-refractivity contribution in [3.8, 4) is 11.5 Å². The van der Waals surface area contributed by atoms with Crippen molar-refractivity contribution < 1.29 is 20.1 Å². The van der Waals surface area contributed by atoms with E-state index in [1.807, 2.05) is 6.07 Å². The van der Waals surface area contributed by atoms with Crippen LogP contribution in [0.1, 0.15) is 63.0 Å². The van der Waals surface area contributed by atoms with Crippen molar-refractivity contribution in [1.29, 1.82) is 0 Å². The number of allylic oxidation sites excluding steroid dienone is 1. The fourth-order valence-corrected chi connectivity index (χ4v) is 4.41. The molecule has 1 aromatic rings. The smallest absolute Gasteiger partial charge is 0.127 e. The summed E-state index contributed by atoms with van der Waals surface area (Å²) in [6, 6.07) is 3.94. The van der Waals surface area contributed by atoms with Crippen LogP contribution < -0.4 is 4.74 Å². The lowest BCUT2D eigenvalue weighted by atomic mass is 9.67. The van der Waals surface area contributed by atoms with Crippen LogP contribution in [0.2, 0.25) is 0 Å². The van der Waals surface area contributed by atoms with Gasteiger partial charge in [0.15, 0.2) is 0 Å². The average molecular weight is 346 g/mol. The third-order valence-electron chi connectivity index (χ3n) is 5.77. The van der Waals surface area contributed by atoms with Crippen molar-refractivity contribution in [2.75, 3.05) is 13.2 Å². The predicted molar refractivity (Wildman–Crippen MR) is 98.1 cm³/mol. The fraction of sp³-hybridized carbons (Fsp3) is 0.619. The van der Waals surface area contributed by atoms with Crippen LogP contribution in [0.15, 0.2) is 23.8 Å². The molecule has 25 heavy (non-hydrogen) atoms. The second-order valence-corrected chi connectivity index (χ2v) is 7.94. The highest BCUT2D eigenvalue weighted by Gasteiger charge is 2.45. The summed E-state index contributed by atoms with van der Waals surface area (Å²) in [7, 11) is 0. The second-order valence-electron chi connectivity index (χ2n) is 7.94. The van der Waals surface area contributed by atoms with Gasteiger partial charge in [0.2, 0.25) is 0 Å². The molecule has 1 aliphatic heterocycles. The maximum atomic E-state index is 10.7. The lowest BCUT2D eigenvalue weighted by Crippen LogP contribution is -2.45. The highest BCUT2D eigenvalue weighted by molar-refractivity contribution is 5.52. The van der Waals surface area contributed by atoms with E-state index in [4.69, 9.17) is 9.84 Å². The number of rotatable bonds is 6. The van der Waals surface area contributed by atoms with Crippen molar-refractivity contribution in [3.63, 3.8) is 0 Å². The molecule has 3 N–H and O–H groups in total. The molecule has 0 bridgehead atoms. The lowest BCUT2D eigenvalue weighted by Gasteiger charge is -2.47. The predicted octanol–water partition coefficient (Wildman–Crippen LogP) is 3.68. The molecule has 0 aromatic heterocycles. The largest absolute Gasteiger partial charge is 0.508 e. The third kappa shape index (κ3) is 3.70. The molecule has 1 aromatic carbocycles. The molecule has 0 fully saturated rings. The van der Waals surface area contributed by atoms with E-state index in [1.165, 1.54) is 0 Å². The Labute approximate surface area is 150 Å². The molecule has 2 aliphatic rings. The van der Waals surface area contributed by atoms with Gasteiger partial charge in [0.1, 0.15) is 17.1 Å². The first kappa shape index (κ1) is 18.3. The maximum absolute atomic E-state index is 10.7. The van der Waals surface area contributed by atoms with E-state index in [0.717, 1.165) is 61.0 Å². The summed E-state index contributed by atoms with van der Waals surface area (Å²) in [5, 5.41) is 29.1. The van der Waals surface area contributed by atoms with E-state index in [1.54, 1.807) is 0 Å². The summed E-state index contributed by atoms with van der Waals surface area (Å²) in [5.41, 5.74) is 2.74. The van der Waals surface area contributed by atoms with Gasteiger partial charge in [-0.05, 0) is 69.2 Å². The Morgan fingerprint density at radius 1 is 1.16 bits per heavy atom. The van der Waals surface area contributed by atoms with Crippen LogP contribution in [0.3, 0.4) is 0 Å². The summed E-state index contributed by atoms with van der Waals surface area (Å²) in [6.07, 6.45) is 7.45. The van der Waals surface area contributed by atoms with E-state index in [9.17, 15) is 10.2 Å². The highest BCUT2D eigenvalue weighted by Crippen LogP contribution is 2.54. The van der Waals surface area contributed by atoms with Gasteiger partial charge >= 0.3 is 0 Å². The molecule has 0 spiro atoms. The van der Waals surface area contributed by atoms with Crippen molar-refractivity contribution >= 4 is 0 Å². The number of aliphatic hydroxyl groups excluding tert-OH is 2. The molecular weight excluding hydrogens is 316 g/mol. The zero-order chi connectivity index (χ0) is 18.0. The average Bonchev–Trinajstić information content (AvgIpc) is 2.57. The first-order valence-electron chi connectivity index (χ1n) is 9.40.